The molecule has 0 radical (unpaired) electrons. The number of nitrogens with zero attached hydrogens (tertiary/aromatic N) is 2. The van der Waals surface area contributed by atoms with E-state index in [-0.39, 0.29) is 0 Å². The SMILES string of the molecule is CCCCCc1c(N)cc(C#N)n1[C@H](C)CC. The monoisotopic (exact) mass is 233 g/mol. The highest BCUT2D eigenvalue weighted by Crippen LogP contribution is 2.26. The van der Waals surface area contributed by atoms with Crippen LogP contribution < -0.4 is 5.73 Å². The Labute approximate surface area is 104 Å². The van der Waals surface area contributed by atoms with Crippen LogP contribution in [0.3, 0.4) is 0 Å². The lowest BCUT2D eigenvalue weighted by atomic mass is 10.1. The van der Waals surface area contributed by atoms with E-state index in [4.69, 9.17) is 11.0 Å². The van der Waals surface area contributed by atoms with E-state index in [1.165, 1.54) is 12.8 Å². The molecule has 0 saturated carbocycles. The molecule has 94 valence electrons. The van der Waals surface area contributed by atoms with Crippen molar-refractivity contribution in [3.05, 3.63) is 17.5 Å². The molecule has 1 rings (SSSR count). The van der Waals surface area contributed by atoms with Crippen molar-refractivity contribution in [3.63, 3.8) is 0 Å². The second kappa shape index (κ2) is 6.34. The minimum atomic E-state index is 0.346. The Hall–Kier alpha value is -1.43. The molecular weight excluding hydrogens is 210 g/mol. The normalized spacial score (nSPS) is 12.4. The zero-order chi connectivity index (χ0) is 12.8. The topological polar surface area (TPSA) is 54.7 Å². The van der Waals surface area contributed by atoms with Gasteiger partial charge in [0.25, 0.3) is 0 Å². The third-order valence-electron chi connectivity index (χ3n) is 3.34. The molecule has 0 aliphatic carbocycles. The van der Waals surface area contributed by atoms with Crippen LogP contribution >= 0.6 is 0 Å². The van der Waals surface area contributed by atoms with Crippen LogP contribution in [0.5, 0.6) is 0 Å². The minimum absolute atomic E-state index is 0.346. The summed E-state index contributed by atoms with van der Waals surface area (Å²) in [5.74, 6) is 0. The van der Waals surface area contributed by atoms with Gasteiger partial charge in [0.05, 0.1) is 5.69 Å². The molecule has 0 bridgehead atoms. The Morgan fingerprint density at radius 3 is 2.65 bits per heavy atom. The first-order valence-electron chi connectivity index (χ1n) is 6.55. The minimum Gasteiger partial charge on any atom is -0.397 e. The molecule has 0 amide bonds. The third-order valence-corrected chi connectivity index (χ3v) is 3.34. The van der Waals surface area contributed by atoms with Crippen molar-refractivity contribution < 1.29 is 0 Å². The van der Waals surface area contributed by atoms with Gasteiger partial charge in [0.2, 0.25) is 0 Å². The van der Waals surface area contributed by atoms with Crippen molar-refractivity contribution in [2.24, 2.45) is 0 Å². The van der Waals surface area contributed by atoms with E-state index in [0.29, 0.717) is 11.7 Å². The Kier molecular flexibility index (Phi) is 5.09. The fraction of sp³-hybridized carbons (Fsp3) is 0.643. The van der Waals surface area contributed by atoms with E-state index in [1.807, 2.05) is 6.07 Å². The van der Waals surface area contributed by atoms with Gasteiger partial charge in [-0.2, -0.15) is 5.26 Å². The number of nitrogens with two attached hydrogens (primary N) is 1. The molecule has 0 unspecified atom stereocenters. The number of unbranched alkanes of at least 4 members (excludes halogenated alkanes) is 2. The average molecular weight is 233 g/mol. The van der Waals surface area contributed by atoms with E-state index in [0.717, 1.165) is 30.6 Å². The summed E-state index contributed by atoms with van der Waals surface area (Å²) in [6.07, 6.45) is 5.56. The van der Waals surface area contributed by atoms with Crippen LogP contribution in [0.1, 0.15) is 63.9 Å². The summed E-state index contributed by atoms with van der Waals surface area (Å²) >= 11 is 0. The second-order valence-electron chi connectivity index (χ2n) is 4.63. The lowest BCUT2D eigenvalue weighted by molar-refractivity contribution is 0.505. The summed E-state index contributed by atoms with van der Waals surface area (Å²) < 4.78 is 2.12. The first-order chi connectivity index (χ1) is 8.15. The number of hydrogen-bond donors (Lipinski definition) is 1. The van der Waals surface area contributed by atoms with Gasteiger partial charge in [-0.3, -0.25) is 0 Å². The van der Waals surface area contributed by atoms with Crippen LogP contribution in [0.15, 0.2) is 6.07 Å². The van der Waals surface area contributed by atoms with E-state index in [1.54, 1.807) is 0 Å². The van der Waals surface area contributed by atoms with E-state index < -0.39 is 0 Å². The summed E-state index contributed by atoms with van der Waals surface area (Å²) in [5.41, 5.74) is 8.64. The highest BCUT2D eigenvalue weighted by molar-refractivity contribution is 5.51. The lowest BCUT2D eigenvalue weighted by Crippen LogP contribution is -2.11. The fourth-order valence-electron chi connectivity index (χ4n) is 2.16. The Morgan fingerprint density at radius 1 is 1.41 bits per heavy atom. The first kappa shape index (κ1) is 13.6. The fourth-order valence-corrected chi connectivity index (χ4v) is 2.16. The molecule has 0 aliphatic rings. The number of nitriles is 1. The van der Waals surface area contributed by atoms with Gasteiger partial charge in [-0.15, -0.1) is 0 Å². The van der Waals surface area contributed by atoms with Crippen LogP contribution in [0.25, 0.3) is 0 Å². The average Bonchev–Trinajstić information content (AvgIpc) is 2.65. The zero-order valence-corrected chi connectivity index (χ0v) is 11.2. The van der Waals surface area contributed by atoms with Gasteiger partial charge >= 0.3 is 0 Å². The quantitative estimate of drug-likeness (QED) is 0.762. The highest BCUT2D eigenvalue weighted by atomic mass is 15.0. The molecule has 0 fully saturated rings. The molecule has 1 aromatic rings. The van der Waals surface area contributed by atoms with Crippen molar-refractivity contribution in [1.29, 1.82) is 5.26 Å². The predicted molar refractivity (Wildman–Crippen MR) is 71.8 cm³/mol. The van der Waals surface area contributed by atoms with Crippen LogP contribution in [0.2, 0.25) is 0 Å². The van der Waals surface area contributed by atoms with Crippen LogP contribution in [0.4, 0.5) is 5.69 Å². The zero-order valence-electron chi connectivity index (χ0n) is 11.2. The number of rotatable bonds is 6. The summed E-state index contributed by atoms with van der Waals surface area (Å²) in [5, 5.41) is 9.15. The molecule has 17 heavy (non-hydrogen) atoms. The van der Waals surface area contributed by atoms with Gasteiger partial charge in [0.1, 0.15) is 11.8 Å². The van der Waals surface area contributed by atoms with E-state index in [9.17, 15) is 0 Å². The summed E-state index contributed by atoms with van der Waals surface area (Å²) in [6, 6.07) is 4.40. The lowest BCUT2D eigenvalue weighted by Gasteiger charge is -2.17. The smallest absolute Gasteiger partial charge is 0.122 e. The summed E-state index contributed by atoms with van der Waals surface area (Å²) in [4.78, 5) is 0. The Bertz CT molecular complexity index is 398. The van der Waals surface area contributed by atoms with Gasteiger partial charge in [0.15, 0.2) is 0 Å². The molecule has 2 N–H and O–H groups in total. The largest absolute Gasteiger partial charge is 0.397 e. The number of aromatic nitrogens is 1. The molecule has 3 nitrogen and oxygen atoms in total. The van der Waals surface area contributed by atoms with E-state index >= 15 is 0 Å². The number of hydrogen-bond acceptors (Lipinski definition) is 2. The van der Waals surface area contributed by atoms with Crippen molar-refractivity contribution in [3.8, 4) is 6.07 Å². The maximum atomic E-state index is 9.15. The van der Waals surface area contributed by atoms with Crippen LogP contribution in [0, 0.1) is 11.3 Å². The third kappa shape index (κ3) is 3.03. The van der Waals surface area contributed by atoms with Gasteiger partial charge < -0.3 is 10.3 Å². The maximum absolute atomic E-state index is 9.15. The van der Waals surface area contributed by atoms with Crippen LogP contribution in [-0.2, 0) is 6.42 Å². The highest BCUT2D eigenvalue weighted by Gasteiger charge is 2.16. The molecule has 3 heteroatoms. The standard InChI is InChI=1S/C14H23N3/c1-4-6-7-8-14-13(16)9-12(10-15)17(14)11(3)5-2/h9,11H,4-8,16H2,1-3H3/t11-/m1/s1. The first-order valence-corrected chi connectivity index (χ1v) is 6.55. The molecule has 0 aromatic carbocycles. The van der Waals surface area contributed by atoms with Gasteiger partial charge in [-0.1, -0.05) is 26.7 Å². The summed E-state index contributed by atoms with van der Waals surface area (Å²) in [7, 11) is 0. The van der Waals surface area contributed by atoms with Crippen LogP contribution in [-0.4, -0.2) is 4.57 Å². The van der Waals surface area contributed by atoms with Gasteiger partial charge in [-0.05, 0) is 32.3 Å². The molecular formula is C14H23N3. The Balaban J connectivity index is 3.01. The molecule has 0 aliphatic heterocycles. The second-order valence-corrected chi connectivity index (χ2v) is 4.63. The van der Waals surface area contributed by atoms with Crippen molar-refractivity contribution in [1.82, 2.24) is 4.57 Å². The van der Waals surface area contributed by atoms with Gasteiger partial charge in [-0.25, -0.2) is 0 Å². The van der Waals surface area contributed by atoms with E-state index in [2.05, 4.69) is 31.4 Å². The molecule has 1 atom stereocenters. The Morgan fingerprint density at radius 2 is 2.12 bits per heavy atom. The number of anilines is 1. The maximum Gasteiger partial charge on any atom is 0.122 e. The predicted octanol–water partition coefficient (Wildman–Crippen LogP) is 3.65. The molecule has 0 spiro atoms. The molecule has 1 aromatic heterocycles. The molecule has 0 saturated heterocycles. The van der Waals surface area contributed by atoms with Crippen molar-refractivity contribution in [2.45, 2.75) is 58.9 Å². The molecule has 1 heterocycles. The van der Waals surface area contributed by atoms with Crippen molar-refractivity contribution in [2.75, 3.05) is 5.73 Å². The summed E-state index contributed by atoms with van der Waals surface area (Å²) in [6.45, 7) is 6.47. The van der Waals surface area contributed by atoms with Gasteiger partial charge in [0, 0.05) is 11.7 Å². The van der Waals surface area contributed by atoms with Crippen molar-refractivity contribution >= 4 is 5.69 Å². The number of nitrogen functional groups attached to an aromatic ring is 1.